The van der Waals surface area contributed by atoms with Crippen LogP contribution in [-0.4, -0.2) is 12.2 Å². The van der Waals surface area contributed by atoms with Gasteiger partial charge in [-0.25, -0.2) is 0 Å². The van der Waals surface area contributed by atoms with Crippen LogP contribution in [0.25, 0.3) is 0 Å². The Bertz CT molecular complexity index is 578. The van der Waals surface area contributed by atoms with Gasteiger partial charge in [-0.2, -0.15) is 0 Å². The van der Waals surface area contributed by atoms with Gasteiger partial charge in [-0.3, -0.25) is 0 Å². The van der Waals surface area contributed by atoms with Crippen molar-refractivity contribution < 1.29 is 5.11 Å². The monoisotopic (exact) mass is 289 g/mol. The Balaban J connectivity index is 2.30. The first-order valence-electron chi connectivity index (χ1n) is 6.83. The molecule has 2 nitrogen and oxygen atoms in total. The van der Waals surface area contributed by atoms with Crippen molar-refractivity contribution >= 4 is 23.0 Å². The number of hydrogen-bond donors (Lipinski definition) is 1. The van der Waals surface area contributed by atoms with Gasteiger partial charge in [-0.1, -0.05) is 36.7 Å². The molecule has 0 heterocycles. The van der Waals surface area contributed by atoms with E-state index in [0.29, 0.717) is 5.02 Å². The lowest BCUT2D eigenvalue weighted by atomic mass is 10.1. The zero-order chi connectivity index (χ0) is 14.7. The number of aliphatic hydroxyl groups excluding tert-OH is 1. The van der Waals surface area contributed by atoms with Crippen molar-refractivity contribution in [2.45, 2.75) is 26.4 Å². The first kappa shape index (κ1) is 14.9. The second-order valence-corrected chi connectivity index (χ2v) is 5.37. The number of benzene rings is 2. The van der Waals surface area contributed by atoms with Gasteiger partial charge in [0.1, 0.15) is 0 Å². The van der Waals surface area contributed by atoms with Crippen LogP contribution in [0.5, 0.6) is 0 Å². The van der Waals surface area contributed by atoms with E-state index in [2.05, 4.69) is 31.2 Å². The maximum atomic E-state index is 9.58. The summed E-state index contributed by atoms with van der Waals surface area (Å²) in [5.41, 5.74) is 4.17. The average molecular weight is 290 g/mol. The molecule has 0 saturated heterocycles. The molecule has 0 spiro atoms. The first-order chi connectivity index (χ1) is 9.52. The third-order valence-corrected chi connectivity index (χ3v) is 3.85. The van der Waals surface area contributed by atoms with E-state index in [0.717, 1.165) is 23.4 Å². The van der Waals surface area contributed by atoms with Crippen molar-refractivity contribution in [3.63, 3.8) is 0 Å². The van der Waals surface area contributed by atoms with Crippen molar-refractivity contribution in [2.24, 2.45) is 0 Å². The van der Waals surface area contributed by atoms with E-state index >= 15 is 0 Å². The van der Waals surface area contributed by atoms with E-state index in [4.69, 9.17) is 11.6 Å². The molecule has 0 bridgehead atoms. The second-order valence-electron chi connectivity index (χ2n) is 4.97. The number of halogens is 1. The predicted molar refractivity (Wildman–Crippen MR) is 86.0 cm³/mol. The van der Waals surface area contributed by atoms with Gasteiger partial charge in [0, 0.05) is 12.7 Å². The summed E-state index contributed by atoms with van der Waals surface area (Å²) in [6, 6.07) is 14.1. The Morgan fingerprint density at radius 2 is 1.80 bits per heavy atom. The molecule has 0 unspecified atom stereocenters. The van der Waals surface area contributed by atoms with E-state index in [1.807, 2.05) is 30.1 Å². The minimum atomic E-state index is -0.504. The molecule has 20 heavy (non-hydrogen) atoms. The third-order valence-electron chi connectivity index (χ3n) is 3.55. The van der Waals surface area contributed by atoms with Gasteiger partial charge < -0.3 is 10.0 Å². The number of aliphatic hydroxyl groups is 1. The molecule has 0 fully saturated rings. The molecule has 0 amide bonds. The van der Waals surface area contributed by atoms with Gasteiger partial charge in [-0.05, 0) is 48.7 Å². The lowest BCUT2D eigenvalue weighted by Gasteiger charge is -2.22. The van der Waals surface area contributed by atoms with Crippen LogP contribution in [0.2, 0.25) is 5.02 Å². The lowest BCUT2D eigenvalue weighted by Crippen LogP contribution is -2.10. The van der Waals surface area contributed by atoms with Gasteiger partial charge >= 0.3 is 0 Å². The van der Waals surface area contributed by atoms with Crippen molar-refractivity contribution in [1.29, 1.82) is 0 Å². The Hall–Kier alpha value is -1.51. The number of hydrogen-bond acceptors (Lipinski definition) is 2. The highest BCUT2D eigenvalue weighted by Gasteiger charge is 2.10. The minimum absolute atomic E-state index is 0.504. The number of nitrogens with zero attached hydrogens (tertiary/aromatic N) is 1. The molecule has 2 aromatic carbocycles. The van der Waals surface area contributed by atoms with E-state index in [-0.39, 0.29) is 0 Å². The van der Waals surface area contributed by atoms with Gasteiger partial charge in [0.25, 0.3) is 0 Å². The normalized spacial score (nSPS) is 12.2. The highest BCUT2D eigenvalue weighted by atomic mass is 35.5. The molecule has 106 valence electrons. The molecule has 0 aliphatic heterocycles. The Kier molecular flexibility index (Phi) is 4.69. The fraction of sp³-hybridized carbons (Fsp3) is 0.294. The summed E-state index contributed by atoms with van der Waals surface area (Å²) in [4.78, 5) is 2.05. The zero-order valence-electron chi connectivity index (χ0n) is 12.1. The Labute approximate surface area is 125 Å². The summed E-state index contributed by atoms with van der Waals surface area (Å²) >= 11 is 6.32. The Morgan fingerprint density at radius 1 is 1.15 bits per heavy atom. The van der Waals surface area contributed by atoms with Crippen LogP contribution < -0.4 is 4.90 Å². The summed E-state index contributed by atoms with van der Waals surface area (Å²) in [6.45, 7) is 3.88. The molecular weight excluding hydrogens is 270 g/mol. The maximum absolute atomic E-state index is 9.58. The predicted octanol–water partition coefficient (Wildman–Crippen LogP) is 4.72. The number of aryl methyl sites for hydroxylation is 1. The molecule has 0 aromatic heterocycles. The average Bonchev–Trinajstić information content (AvgIpc) is 2.46. The molecule has 0 aliphatic rings. The van der Waals surface area contributed by atoms with Crippen LogP contribution in [0.4, 0.5) is 11.4 Å². The minimum Gasteiger partial charge on any atom is -0.389 e. The van der Waals surface area contributed by atoms with Gasteiger partial charge in [0.2, 0.25) is 0 Å². The SMILES string of the molecule is CCc1ccc(N(C)c2ccc([C@H](C)O)cc2Cl)cc1. The Morgan fingerprint density at radius 3 is 2.30 bits per heavy atom. The third kappa shape index (κ3) is 3.14. The largest absolute Gasteiger partial charge is 0.389 e. The number of rotatable bonds is 4. The van der Waals surface area contributed by atoms with Crippen molar-refractivity contribution in [3.8, 4) is 0 Å². The molecule has 3 heteroatoms. The quantitative estimate of drug-likeness (QED) is 0.880. The van der Waals surface area contributed by atoms with Gasteiger partial charge in [0.05, 0.1) is 16.8 Å². The molecule has 0 radical (unpaired) electrons. The van der Waals surface area contributed by atoms with Crippen LogP contribution in [0.15, 0.2) is 42.5 Å². The second kappa shape index (κ2) is 6.29. The molecule has 1 N–H and O–H groups in total. The van der Waals surface area contributed by atoms with Crippen molar-refractivity contribution in [3.05, 3.63) is 58.6 Å². The standard InChI is InChI=1S/C17H20ClNO/c1-4-13-5-8-15(9-6-13)19(3)17-10-7-14(12(2)20)11-16(17)18/h5-12,20H,4H2,1-3H3/t12-/m0/s1. The molecule has 1 atom stereocenters. The van der Waals surface area contributed by atoms with Crippen LogP contribution in [0, 0.1) is 0 Å². The summed E-state index contributed by atoms with van der Waals surface area (Å²) < 4.78 is 0. The highest BCUT2D eigenvalue weighted by molar-refractivity contribution is 6.33. The van der Waals surface area contributed by atoms with Crippen LogP contribution in [-0.2, 0) is 6.42 Å². The van der Waals surface area contributed by atoms with Crippen LogP contribution >= 0.6 is 11.6 Å². The van der Waals surface area contributed by atoms with Crippen molar-refractivity contribution in [2.75, 3.05) is 11.9 Å². The van der Waals surface area contributed by atoms with E-state index < -0.39 is 6.10 Å². The summed E-state index contributed by atoms with van der Waals surface area (Å²) in [5, 5.41) is 10.2. The topological polar surface area (TPSA) is 23.5 Å². The fourth-order valence-corrected chi connectivity index (χ4v) is 2.47. The van der Waals surface area contributed by atoms with E-state index in [1.165, 1.54) is 5.56 Å². The van der Waals surface area contributed by atoms with Gasteiger partial charge in [0.15, 0.2) is 0 Å². The molecule has 0 aliphatic carbocycles. The summed E-state index contributed by atoms with van der Waals surface area (Å²) in [7, 11) is 1.99. The fourth-order valence-electron chi connectivity index (χ4n) is 2.15. The smallest absolute Gasteiger partial charge is 0.0762 e. The van der Waals surface area contributed by atoms with Gasteiger partial charge in [-0.15, -0.1) is 0 Å². The number of anilines is 2. The molecular formula is C17H20ClNO. The molecule has 2 rings (SSSR count). The van der Waals surface area contributed by atoms with Crippen molar-refractivity contribution in [1.82, 2.24) is 0 Å². The maximum Gasteiger partial charge on any atom is 0.0762 e. The highest BCUT2D eigenvalue weighted by Crippen LogP contribution is 2.32. The zero-order valence-corrected chi connectivity index (χ0v) is 12.9. The lowest BCUT2D eigenvalue weighted by molar-refractivity contribution is 0.199. The summed E-state index contributed by atoms with van der Waals surface area (Å²) in [6.07, 6.45) is 0.532. The molecule has 0 saturated carbocycles. The van der Waals surface area contributed by atoms with E-state index in [1.54, 1.807) is 6.92 Å². The summed E-state index contributed by atoms with van der Waals surface area (Å²) in [5.74, 6) is 0. The van der Waals surface area contributed by atoms with E-state index in [9.17, 15) is 5.11 Å². The first-order valence-corrected chi connectivity index (χ1v) is 7.21. The van der Waals surface area contributed by atoms with Crippen LogP contribution in [0.1, 0.15) is 31.1 Å². The molecule has 2 aromatic rings. The van der Waals surface area contributed by atoms with Crippen LogP contribution in [0.3, 0.4) is 0 Å².